The average molecular weight is 271 g/mol. The van der Waals surface area contributed by atoms with Crippen molar-refractivity contribution in [2.24, 2.45) is 5.73 Å². The molecule has 2 amide bonds. The van der Waals surface area contributed by atoms with Crippen molar-refractivity contribution in [2.75, 3.05) is 11.4 Å². The van der Waals surface area contributed by atoms with Crippen molar-refractivity contribution in [3.63, 3.8) is 0 Å². The number of ketones is 1. The number of fused-ring (bicyclic) bond motifs is 1. The van der Waals surface area contributed by atoms with E-state index in [2.05, 4.69) is 0 Å². The van der Waals surface area contributed by atoms with Crippen LogP contribution in [0.25, 0.3) is 0 Å². The minimum atomic E-state index is -0.812. The van der Waals surface area contributed by atoms with Gasteiger partial charge in [-0.2, -0.15) is 0 Å². The highest BCUT2D eigenvalue weighted by molar-refractivity contribution is 6.52. The van der Waals surface area contributed by atoms with Crippen LogP contribution in [0.15, 0.2) is 12.1 Å². The topological polar surface area (TPSA) is 80.5 Å². The van der Waals surface area contributed by atoms with Crippen molar-refractivity contribution in [2.45, 2.75) is 6.42 Å². The van der Waals surface area contributed by atoms with Crippen LogP contribution in [0.1, 0.15) is 16.8 Å². The van der Waals surface area contributed by atoms with Crippen molar-refractivity contribution in [3.8, 4) is 0 Å². The summed E-state index contributed by atoms with van der Waals surface area (Å²) in [4.78, 5) is 35.0. The summed E-state index contributed by atoms with van der Waals surface area (Å²) in [7, 11) is 0. The zero-order valence-electron chi connectivity index (χ0n) is 9.07. The lowest BCUT2D eigenvalue weighted by Crippen LogP contribution is -2.32. The van der Waals surface area contributed by atoms with Gasteiger partial charge in [0.25, 0.3) is 11.7 Å². The molecule has 0 saturated carbocycles. The fourth-order valence-electron chi connectivity index (χ4n) is 1.73. The van der Waals surface area contributed by atoms with Crippen molar-refractivity contribution in [3.05, 3.63) is 28.5 Å². The molecule has 1 aliphatic rings. The van der Waals surface area contributed by atoms with Crippen LogP contribution in [0, 0.1) is 5.82 Å². The van der Waals surface area contributed by atoms with E-state index in [1.54, 1.807) is 0 Å². The highest BCUT2D eigenvalue weighted by Crippen LogP contribution is 2.33. The van der Waals surface area contributed by atoms with E-state index in [1.807, 2.05) is 0 Å². The lowest BCUT2D eigenvalue weighted by Gasteiger charge is -2.15. The van der Waals surface area contributed by atoms with Gasteiger partial charge in [-0.15, -0.1) is 0 Å². The molecule has 0 spiro atoms. The normalized spacial score (nSPS) is 14.0. The Morgan fingerprint density at radius 1 is 1.39 bits per heavy atom. The Morgan fingerprint density at radius 2 is 2.06 bits per heavy atom. The van der Waals surface area contributed by atoms with Crippen LogP contribution in [0.5, 0.6) is 0 Å². The first kappa shape index (κ1) is 12.5. The number of nitrogens with two attached hydrogens (primary N) is 1. The summed E-state index contributed by atoms with van der Waals surface area (Å²) >= 11 is 5.55. The van der Waals surface area contributed by atoms with Crippen molar-refractivity contribution >= 4 is 34.9 Å². The quantitative estimate of drug-likeness (QED) is 0.828. The van der Waals surface area contributed by atoms with Crippen LogP contribution in [0.2, 0.25) is 5.02 Å². The number of Topliss-reactive ketones (excluding diaryl/α,β-unsaturated/α-hetero) is 1. The fourth-order valence-corrected chi connectivity index (χ4v) is 1.90. The van der Waals surface area contributed by atoms with Gasteiger partial charge in [-0.25, -0.2) is 4.39 Å². The molecule has 94 valence electrons. The standard InChI is InChI=1S/C11H8ClFN2O3/c12-6-3-5-8(4-7(6)13)15(2-1-9(14)16)11(18)10(5)17/h3-4H,1-2H2,(H2,14,16). The fraction of sp³-hybridized carbons (Fsp3) is 0.182. The maximum absolute atomic E-state index is 13.3. The second kappa shape index (κ2) is 4.38. The van der Waals surface area contributed by atoms with Gasteiger partial charge in [-0.05, 0) is 12.1 Å². The number of halogens is 2. The van der Waals surface area contributed by atoms with Gasteiger partial charge < -0.3 is 10.6 Å². The largest absolute Gasteiger partial charge is 0.370 e. The van der Waals surface area contributed by atoms with Gasteiger partial charge in [0, 0.05) is 13.0 Å². The Balaban J connectivity index is 2.41. The molecular weight excluding hydrogens is 263 g/mol. The molecular formula is C11H8ClFN2O3. The summed E-state index contributed by atoms with van der Waals surface area (Å²) in [5.74, 6) is -2.93. The smallest absolute Gasteiger partial charge is 0.299 e. The number of rotatable bonds is 3. The maximum atomic E-state index is 13.3. The van der Waals surface area contributed by atoms with Crippen LogP contribution in [0.3, 0.4) is 0 Å². The lowest BCUT2D eigenvalue weighted by atomic mass is 10.1. The van der Waals surface area contributed by atoms with E-state index >= 15 is 0 Å². The van der Waals surface area contributed by atoms with E-state index in [-0.39, 0.29) is 29.2 Å². The summed E-state index contributed by atoms with van der Waals surface area (Å²) in [6.07, 6.45) is -0.108. The molecule has 0 fully saturated rings. The van der Waals surface area contributed by atoms with Crippen molar-refractivity contribution in [1.82, 2.24) is 0 Å². The van der Waals surface area contributed by atoms with Crippen LogP contribution in [-0.4, -0.2) is 24.1 Å². The second-order valence-electron chi connectivity index (χ2n) is 3.79. The number of nitrogens with zero attached hydrogens (tertiary/aromatic N) is 1. The molecule has 1 heterocycles. The SMILES string of the molecule is NC(=O)CCN1C(=O)C(=O)c2cc(Cl)c(F)cc21. The predicted molar refractivity (Wildman–Crippen MR) is 61.9 cm³/mol. The molecule has 0 radical (unpaired) electrons. The number of hydrogen-bond acceptors (Lipinski definition) is 3. The molecule has 1 aliphatic heterocycles. The highest BCUT2D eigenvalue weighted by Gasteiger charge is 2.36. The molecule has 0 bridgehead atoms. The Morgan fingerprint density at radius 3 is 2.67 bits per heavy atom. The number of carbonyl (C=O) groups is 3. The zero-order chi connectivity index (χ0) is 13.4. The molecule has 2 rings (SSSR count). The molecule has 1 aromatic carbocycles. The minimum Gasteiger partial charge on any atom is -0.370 e. The van der Waals surface area contributed by atoms with Gasteiger partial charge >= 0.3 is 0 Å². The Hall–Kier alpha value is -1.95. The van der Waals surface area contributed by atoms with Gasteiger partial charge in [0.1, 0.15) is 5.82 Å². The van der Waals surface area contributed by atoms with E-state index in [1.165, 1.54) is 0 Å². The Bertz CT molecular complexity index is 574. The molecule has 18 heavy (non-hydrogen) atoms. The van der Waals surface area contributed by atoms with Crippen molar-refractivity contribution < 1.29 is 18.8 Å². The van der Waals surface area contributed by atoms with Gasteiger partial charge in [-0.1, -0.05) is 11.6 Å². The first-order valence-electron chi connectivity index (χ1n) is 5.05. The van der Waals surface area contributed by atoms with Gasteiger partial charge in [0.2, 0.25) is 5.91 Å². The van der Waals surface area contributed by atoms with Crippen LogP contribution >= 0.6 is 11.6 Å². The summed E-state index contributed by atoms with van der Waals surface area (Å²) in [5, 5.41) is -0.230. The van der Waals surface area contributed by atoms with Crippen molar-refractivity contribution in [1.29, 1.82) is 0 Å². The molecule has 0 unspecified atom stereocenters. The van der Waals surface area contributed by atoms with Crippen LogP contribution in [-0.2, 0) is 9.59 Å². The summed E-state index contributed by atoms with van der Waals surface area (Å²) in [6.45, 7) is -0.0615. The Labute approximate surface area is 106 Å². The average Bonchev–Trinajstić information content (AvgIpc) is 2.51. The third kappa shape index (κ3) is 1.95. The first-order chi connectivity index (χ1) is 8.41. The maximum Gasteiger partial charge on any atom is 0.299 e. The molecule has 1 aromatic rings. The summed E-state index contributed by atoms with van der Waals surface area (Å²) < 4.78 is 13.3. The van der Waals surface area contributed by atoms with Crippen LogP contribution < -0.4 is 10.6 Å². The number of benzene rings is 1. The minimum absolute atomic E-state index is 0.0378. The van der Waals surface area contributed by atoms with E-state index in [4.69, 9.17) is 17.3 Å². The number of amides is 2. The summed E-state index contributed by atoms with van der Waals surface area (Å²) in [6, 6.07) is 2.11. The van der Waals surface area contributed by atoms with E-state index in [0.717, 1.165) is 17.0 Å². The van der Waals surface area contributed by atoms with E-state index in [0.29, 0.717) is 0 Å². The second-order valence-corrected chi connectivity index (χ2v) is 4.19. The lowest BCUT2D eigenvalue weighted by molar-refractivity contribution is -0.118. The van der Waals surface area contributed by atoms with Crippen LogP contribution in [0.4, 0.5) is 10.1 Å². The number of carbonyl (C=O) groups excluding carboxylic acids is 3. The van der Waals surface area contributed by atoms with E-state index in [9.17, 15) is 18.8 Å². The number of anilines is 1. The molecule has 0 saturated heterocycles. The Kier molecular flexibility index (Phi) is 3.04. The molecule has 7 heteroatoms. The molecule has 0 atom stereocenters. The molecule has 0 aliphatic carbocycles. The first-order valence-corrected chi connectivity index (χ1v) is 5.43. The zero-order valence-corrected chi connectivity index (χ0v) is 9.83. The molecule has 0 aromatic heterocycles. The third-order valence-corrected chi connectivity index (χ3v) is 2.88. The van der Waals surface area contributed by atoms with E-state index < -0.39 is 23.4 Å². The third-order valence-electron chi connectivity index (χ3n) is 2.60. The van der Waals surface area contributed by atoms with Gasteiger partial charge in [-0.3, -0.25) is 14.4 Å². The molecule has 5 nitrogen and oxygen atoms in total. The number of hydrogen-bond donors (Lipinski definition) is 1. The van der Waals surface area contributed by atoms with Gasteiger partial charge in [0.05, 0.1) is 16.3 Å². The monoisotopic (exact) mass is 270 g/mol. The molecule has 2 N–H and O–H groups in total. The highest BCUT2D eigenvalue weighted by atomic mass is 35.5. The van der Waals surface area contributed by atoms with Gasteiger partial charge in [0.15, 0.2) is 0 Å². The predicted octanol–water partition coefficient (Wildman–Crippen LogP) is 0.884. The summed E-state index contributed by atoms with van der Waals surface area (Å²) in [5.41, 5.74) is 5.12. The number of primary amides is 1.